The van der Waals surface area contributed by atoms with Crippen molar-refractivity contribution in [3.8, 4) is 0 Å². The molecule has 0 aliphatic rings. The van der Waals surface area contributed by atoms with Gasteiger partial charge in [0, 0.05) is 0 Å². The first-order valence-electron chi connectivity index (χ1n) is 4.79. The summed E-state index contributed by atoms with van der Waals surface area (Å²) < 4.78 is 0. The van der Waals surface area contributed by atoms with Crippen LogP contribution in [0.2, 0.25) is 0 Å². The summed E-state index contributed by atoms with van der Waals surface area (Å²) in [7, 11) is 0. The van der Waals surface area contributed by atoms with E-state index in [-0.39, 0.29) is 5.69 Å². The van der Waals surface area contributed by atoms with Gasteiger partial charge in [0.1, 0.15) is 5.03 Å². The molecule has 1 heterocycles. The number of carbonyl (C=O) groups is 1. The molecule has 0 amide bonds. The van der Waals surface area contributed by atoms with E-state index >= 15 is 0 Å². The molecule has 0 radical (unpaired) electrons. The number of hydrogen-bond acceptors (Lipinski definition) is 4. The minimum Gasteiger partial charge on any atom is -0.476 e. The van der Waals surface area contributed by atoms with Gasteiger partial charge >= 0.3 is 5.97 Å². The van der Waals surface area contributed by atoms with Crippen LogP contribution in [-0.4, -0.2) is 27.0 Å². The number of aromatic carboxylic acids is 1. The fraction of sp³-hybridized carbons (Fsp3) is 0.500. The normalized spacial score (nSPS) is 10.6. The Labute approximate surface area is 93.1 Å². The van der Waals surface area contributed by atoms with Crippen molar-refractivity contribution < 1.29 is 9.90 Å². The van der Waals surface area contributed by atoms with Crippen LogP contribution >= 0.6 is 11.8 Å². The van der Waals surface area contributed by atoms with Crippen LogP contribution in [0.5, 0.6) is 0 Å². The Hall–Kier alpha value is -1.10. The average Bonchev–Trinajstić information content (AvgIpc) is 2.18. The van der Waals surface area contributed by atoms with E-state index in [1.54, 1.807) is 17.8 Å². The Balaban J connectivity index is 2.46. The second-order valence-electron chi connectivity index (χ2n) is 3.59. The lowest BCUT2D eigenvalue weighted by Crippen LogP contribution is -2.01. The molecule has 1 aromatic heterocycles. The highest BCUT2D eigenvalue weighted by atomic mass is 32.2. The molecular weight excluding hydrogens is 212 g/mol. The Morgan fingerprint density at radius 2 is 2.20 bits per heavy atom. The van der Waals surface area contributed by atoms with E-state index in [0.717, 1.165) is 17.2 Å². The van der Waals surface area contributed by atoms with E-state index in [4.69, 9.17) is 5.11 Å². The lowest BCUT2D eigenvalue weighted by Gasteiger charge is -2.03. The van der Waals surface area contributed by atoms with Crippen molar-refractivity contribution in [2.75, 3.05) is 5.75 Å². The van der Waals surface area contributed by atoms with E-state index in [1.807, 2.05) is 0 Å². The van der Waals surface area contributed by atoms with Crippen LogP contribution in [0.4, 0.5) is 0 Å². The number of nitrogens with zero attached hydrogens (tertiary/aromatic N) is 2. The third-order valence-corrected chi connectivity index (χ3v) is 2.76. The topological polar surface area (TPSA) is 63.1 Å². The molecule has 0 atom stereocenters. The molecule has 0 aliphatic heterocycles. The number of aromatic nitrogens is 2. The molecule has 0 aliphatic carbocycles. The monoisotopic (exact) mass is 226 g/mol. The van der Waals surface area contributed by atoms with Crippen LogP contribution in [-0.2, 0) is 0 Å². The summed E-state index contributed by atoms with van der Waals surface area (Å²) in [5.41, 5.74) is -0.0109. The van der Waals surface area contributed by atoms with Crippen molar-refractivity contribution in [1.29, 1.82) is 0 Å². The molecular formula is C10H14N2O2S. The first-order chi connectivity index (χ1) is 7.09. The molecule has 1 rings (SSSR count). The second kappa shape index (κ2) is 5.70. The molecule has 5 heteroatoms. The van der Waals surface area contributed by atoms with Crippen LogP contribution in [0.25, 0.3) is 0 Å². The van der Waals surface area contributed by atoms with E-state index in [9.17, 15) is 4.79 Å². The third kappa shape index (κ3) is 4.29. The van der Waals surface area contributed by atoms with Gasteiger partial charge in [0.05, 0.1) is 0 Å². The SMILES string of the molecule is CC(C)CCSc1ccc(C(=O)O)nn1. The molecule has 0 bridgehead atoms. The summed E-state index contributed by atoms with van der Waals surface area (Å²) in [6, 6.07) is 3.18. The summed E-state index contributed by atoms with van der Waals surface area (Å²) in [4.78, 5) is 10.5. The van der Waals surface area contributed by atoms with Crippen molar-refractivity contribution in [1.82, 2.24) is 10.2 Å². The van der Waals surface area contributed by atoms with Crippen LogP contribution in [0, 0.1) is 5.92 Å². The first kappa shape index (κ1) is 12.0. The molecule has 82 valence electrons. The zero-order valence-corrected chi connectivity index (χ0v) is 9.62. The second-order valence-corrected chi connectivity index (χ2v) is 4.71. The van der Waals surface area contributed by atoms with Gasteiger partial charge in [-0.1, -0.05) is 13.8 Å². The Morgan fingerprint density at radius 1 is 1.47 bits per heavy atom. The van der Waals surface area contributed by atoms with Gasteiger partial charge in [-0.25, -0.2) is 4.79 Å². The fourth-order valence-electron chi connectivity index (χ4n) is 0.910. The molecule has 1 N–H and O–H groups in total. The zero-order valence-electron chi connectivity index (χ0n) is 8.80. The minimum atomic E-state index is -1.04. The van der Waals surface area contributed by atoms with E-state index in [2.05, 4.69) is 24.0 Å². The van der Waals surface area contributed by atoms with Crippen molar-refractivity contribution in [2.45, 2.75) is 25.3 Å². The highest BCUT2D eigenvalue weighted by Gasteiger charge is 2.05. The first-order valence-corrected chi connectivity index (χ1v) is 5.78. The number of rotatable bonds is 5. The van der Waals surface area contributed by atoms with Crippen molar-refractivity contribution in [2.24, 2.45) is 5.92 Å². The molecule has 0 spiro atoms. The number of carboxylic acid groups (broad SMARTS) is 1. The van der Waals surface area contributed by atoms with E-state index in [0.29, 0.717) is 5.92 Å². The van der Waals surface area contributed by atoms with Gasteiger partial charge in [-0.15, -0.1) is 22.0 Å². The molecule has 0 aromatic carbocycles. The molecule has 0 saturated carbocycles. The smallest absolute Gasteiger partial charge is 0.356 e. The lowest BCUT2D eigenvalue weighted by atomic mass is 10.2. The van der Waals surface area contributed by atoms with Crippen LogP contribution in [0.1, 0.15) is 30.8 Å². The third-order valence-electron chi connectivity index (χ3n) is 1.80. The molecule has 0 fully saturated rings. The summed E-state index contributed by atoms with van der Waals surface area (Å²) in [5, 5.41) is 16.8. The summed E-state index contributed by atoms with van der Waals surface area (Å²) in [6.45, 7) is 4.33. The number of carboxylic acids is 1. The predicted octanol–water partition coefficient (Wildman–Crippen LogP) is 2.31. The van der Waals surface area contributed by atoms with Gasteiger partial charge in [0.2, 0.25) is 0 Å². The standard InChI is InChI=1S/C10H14N2O2S/c1-7(2)5-6-15-9-4-3-8(10(13)14)11-12-9/h3-4,7H,5-6H2,1-2H3,(H,13,14). The van der Waals surface area contributed by atoms with Gasteiger partial charge in [0.25, 0.3) is 0 Å². The average molecular weight is 226 g/mol. The highest BCUT2D eigenvalue weighted by Crippen LogP contribution is 2.17. The Kier molecular flexibility index (Phi) is 4.55. The quantitative estimate of drug-likeness (QED) is 0.780. The molecule has 1 aromatic rings. The molecule has 0 saturated heterocycles. The van der Waals surface area contributed by atoms with Crippen molar-refractivity contribution >= 4 is 17.7 Å². The van der Waals surface area contributed by atoms with Gasteiger partial charge in [-0.2, -0.15) is 0 Å². The maximum Gasteiger partial charge on any atom is 0.356 e. The van der Waals surface area contributed by atoms with E-state index < -0.39 is 5.97 Å². The largest absolute Gasteiger partial charge is 0.476 e. The van der Waals surface area contributed by atoms with Gasteiger partial charge in [-0.3, -0.25) is 0 Å². The summed E-state index contributed by atoms with van der Waals surface area (Å²) in [6.07, 6.45) is 1.12. The predicted molar refractivity (Wildman–Crippen MR) is 59.2 cm³/mol. The van der Waals surface area contributed by atoms with Crippen LogP contribution in [0.15, 0.2) is 17.2 Å². The molecule has 15 heavy (non-hydrogen) atoms. The number of thioether (sulfide) groups is 1. The zero-order chi connectivity index (χ0) is 11.3. The number of hydrogen-bond donors (Lipinski definition) is 1. The highest BCUT2D eigenvalue weighted by molar-refractivity contribution is 7.99. The minimum absolute atomic E-state index is 0.0109. The maximum atomic E-state index is 10.5. The summed E-state index contributed by atoms with van der Waals surface area (Å²) >= 11 is 1.60. The van der Waals surface area contributed by atoms with Gasteiger partial charge in [-0.05, 0) is 30.2 Å². The lowest BCUT2D eigenvalue weighted by molar-refractivity contribution is 0.0689. The van der Waals surface area contributed by atoms with Crippen molar-refractivity contribution in [3.05, 3.63) is 17.8 Å². The van der Waals surface area contributed by atoms with Gasteiger partial charge in [0.15, 0.2) is 5.69 Å². The Bertz CT molecular complexity index is 325. The maximum absolute atomic E-state index is 10.5. The Morgan fingerprint density at radius 3 is 2.67 bits per heavy atom. The van der Waals surface area contributed by atoms with E-state index in [1.165, 1.54) is 6.07 Å². The molecule has 4 nitrogen and oxygen atoms in total. The van der Waals surface area contributed by atoms with Crippen LogP contribution < -0.4 is 0 Å². The molecule has 0 unspecified atom stereocenters. The summed E-state index contributed by atoms with van der Waals surface area (Å²) in [5.74, 6) is 0.614. The fourth-order valence-corrected chi connectivity index (χ4v) is 1.97. The van der Waals surface area contributed by atoms with Gasteiger partial charge < -0.3 is 5.11 Å². The van der Waals surface area contributed by atoms with Crippen molar-refractivity contribution in [3.63, 3.8) is 0 Å². The van der Waals surface area contributed by atoms with Crippen LogP contribution in [0.3, 0.4) is 0 Å².